The van der Waals surface area contributed by atoms with E-state index in [1.54, 1.807) is 12.3 Å². The van der Waals surface area contributed by atoms with Gasteiger partial charge in [0.2, 0.25) is 0 Å². The molecular weight excluding hydrogens is 345 g/mol. The topological polar surface area (TPSA) is 51.1 Å². The molecule has 1 saturated heterocycles. The van der Waals surface area contributed by atoms with Crippen molar-refractivity contribution < 1.29 is 17.9 Å². The standard InChI is InChI=1S/C15H14ClF3N4O/c16-10-1-2-13(21-9-10)23-7-4-11(5-8-23)24-14-20-6-3-12(22-14)15(17,18)19/h1-3,6,9,11H,4-5,7-8H2. The minimum atomic E-state index is -4.51. The van der Waals surface area contributed by atoms with Gasteiger partial charge < -0.3 is 9.64 Å². The summed E-state index contributed by atoms with van der Waals surface area (Å²) in [6, 6.07) is 4.18. The van der Waals surface area contributed by atoms with E-state index < -0.39 is 11.9 Å². The van der Waals surface area contributed by atoms with Gasteiger partial charge in [-0.15, -0.1) is 0 Å². The zero-order chi connectivity index (χ0) is 17.2. The first-order chi connectivity index (χ1) is 11.4. The third-order valence-electron chi connectivity index (χ3n) is 3.67. The van der Waals surface area contributed by atoms with Crippen LogP contribution in [0.25, 0.3) is 0 Å². The minimum Gasteiger partial charge on any atom is -0.460 e. The third kappa shape index (κ3) is 4.05. The molecule has 0 aromatic carbocycles. The molecule has 0 atom stereocenters. The predicted octanol–water partition coefficient (Wildman–Crippen LogP) is 3.59. The fourth-order valence-corrected chi connectivity index (χ4v) is 2.57. The van der Waals surface area contributed by atoms with Crippen molar-refractivity contribution >= 4 is 17.4 Å². The number of hydrogen-bond acceptors (Lipinski definition) is 5. The number of anilines is 1. The first-order valence-corrected chi connectivity index (χ1v) is 7.73. The van der Waals surface area contributed by atoms with Crippen molar-refractivity contribution in [2.45, 2.75) is 25.1 Å². The van der Waals surface area contributed by atoms with E-state index in [1.807, 2.05) is 6.07 Å². The van der Waals surface area contributed by atoms with Crippen molar-refractivity contribution in [3.63, 3.8) is 0 Å². The number of halogens is 4. The van der Waals surface area contributed by atoms with Crippen molar-refractivity contribution in [2.24, 2.45) is 0 Å². The SMILES string of the molecule is FC(F)(F)c1ccnc(OC2CCN(c3ccc(Cl)cn3)CC2)n1. The van der Waals surface area contributed by atoms with Gasteiger partial charge in [0.1, 0.15) is 11.9 Å². The number of aromatic nitrogens is 3. The number of alkyl halides is 3. The summed E-state index contributed by atoms with van der Waals surface area (Å²) in [4.78, 5) is 13.5. The second-order valence-electron chi connectivity index (χ2n) is 5.36. The highest BCUT2D eigenvalue weighted by atomic mass is 35.5. The van der Waals surface area contributed by atoms with Crippen molar-refractivity contribution in [1.82, 2.24) is 15.0 Å². The van der Waals surface area contributed by atoms with Gasteiger partial charge in [-0.25, -0.2) is 9.97 Å². The predicted molar refractivity (Wildman–Crippen MR) is 82.1 cm³/mol. The molecule has 0 saturated carbocycles. The van der Waals surface area contributed by atoms with Crippen LogP contribution in [0.4, 0.5) is 19.0 Å². The van der Waals surface area contributed by atoms with E-state index in [9.17, 15) is 13.2 Å². The maximum atomic E-state index is 12.6. The molecule has 1 aliphatic heterocycles. The molecular formula is C15H14ClF3N4O. The summed E-state index contributed by atoms with van der Waals surface area (Å²) in [5, 5.41) is 0.568. The molecule has 1 aliphatic rings. The van der Waals surface area contributed by atoms with Gasteiger partial charge >= 0.3 is 12.2 Å². The number of ether oxygens (including phenoxy) is 1. The van der Waals surface area contributed by atoms with E-state index in [1.165, 1.54) is 0 Å². The van der Waals surface area contributed by atoms with E-state index in [0.717, 1.165) is 18.1 Å². The molecule has 1 fully saturated rings. The van der Waals surface area contributed by atoms with Crippen molar-refractivity contribution in [3.05, 3.63) is 41.3 Å². The Morgan fingerprint density at radius 1 is 1.12 bits per heavy atom. The molecule has 0 unspecified atom stereocenters. The molecule has 24 heavy (non-hydrogen) atoms. The van der Waals surface area contributed by atoms with Gasteiger partial charge in [0, 0.05) is 38.3 Å². The van der Waals surface area contributed by atoms with Crippen LogP contribution in [0, 0.1) is 0 Å². The first-order valence-electron chi connectivity index (χ1n) is 7.35. The van der Waals surface area contributed by atoms with Crippen LogP contribution in [0.15, 0.2) is 30.6 Å². The lowest BCUT2D eigenvalue weighted by Crippen LogP contribution is -2.38. The molecule has 0 aliphatic carbocycles. The number of nitrogens with zero attached hydrogens (tertiary/aromatic N) is 4. The minimum absolute atomic E-state index is 0.225. The Morgan fingerprint density at radius 3 is 2.50 bits per heavy atom. The smallest absolute Gasteiger partial charge is 0.433 e. The lowest BCUT2D eigenvalue weighted by atomic mass is 10.1. The molecule has 0 radical (unpaired) electrons. The fraction of sp³-hybridized carbons (Fsp3) is 0.400. The zero-order valence-electron chi connectivity index (χ0n) is 12.5. The van der Waals surface area contributed by atoms with E-state index in [2.05, 4.69) is 19.9 Å². The van der Waals surface area contributed by atoms with Crippen LogP contribution in [-0.2, 0) is 6.18 Å². The van der Waals surface area contributed by atoms with Gasteiger partial charge in [0.15, 0.2) is 5.69 Å². The molecule has 9 heteroatoms. The molecule has 3 heterocycles. The number of pyridine rings is 1. The number of rotatable bonds is 3. The van der Waals surface area contributed by atoms with Gasteiger partial charge in [0.25, 0.3) is 0 Å². The number of hydrogen-bond donors (Lipinski definition) is 0. The van der Waals surface area contributed by atoms with E-state index in [0.29, 0.717) is 31.0 Å². The van der Waals surface area contributed by atoms with Crippen LogP contribution < -0.4 is 9.64 Å². The summed E-state index contributed by atoms with van der Waals surface area (Å²) in [6.45, 7) is 1.36. The van der Waals surface area contributed by atoms with Crippen LogP contribution in [-0.4, -0.2) is 34.1 Å². The second-order valence-corrected chi connectivity index (χ2v) is 5.80. The fourth-order valence-electron chi connectivity index (χ4n) is 2.46. The molecule has 5 nitrogen and oxygen atoms in total. The summed E-state index contributed by atoms with van der Waals surface area (Å²) in [5.74, 6) is 0.813. The lowest BCUT2D eigenvalue weighted by molar-refractivity contribution is -0.141. The van der Waals surface area contributed by atoms with Gasteiger partial charge in [-0.05, 0) is 18.2 Å². The highest BCUT2D eigenvalue weighted by Gasteiger charge is 2.33. The van der Waals surface area contributed by atoms with E-state index in [-0.39, 0.29) is 12.1 Å². The van der Waals surface area contributed by atoms with Crippen molar-refractivity contribution in [1.29, 1.82) is 0 Å². The normalized spacial score (nSPS) is 16.2. The van der Waals surface area contributed by atoms with Crippen molar-refractivity contribution in [2.75, 3.05) is 18.0 Å². The Labute approximate surface area is 141 Å². The highest BCUT2D eigenvalue weighted by Crippen LogP contribution is 2.28. The maximum Gasteiger partial charge on any atom is 0.433 e. The molecule has 0 bridgehead atoms. The molecule has 0 N–H and O–H groups in total. The molecule has 128 valence electrons. The Kier molecular flexibility index (Phi) is 4.75. The summed E-state index contributed by atoms with van der Waals surface area (Å²) in [7, 11) is 0. The van der Waals surface area contributed by atoms with Crippen molar-refractivity contribution in [3.8, 4) is 6.01 Å². The Morgan fingerprint density at radius 2 is 1.88 bits per heavy atom. The molecule has 2 aromatic rings. The van der Waals surface area contributed by atoms with Gasteiger partial charge in [0.05, 0.1) is 5.02 Å². The monoisotopic (exact) mass is 358 g/mol. The van der Waals surface area contributed by atoms with Gasteiger partial charge in [-0.2, -0.15) is 18.2 Å². The maximum absolute atomic E-state index is 12.6. The van der Waals surface area contributed by atoms with Crippen LogP contribution >= 0.6 is 11.6 Å². The van der Waals surface area contributed by atoms with Crippen LogP contribution in [0.2, 0.25) is 5.02 Å². The Balaban J connectivity index is 1.58. The third-order valence-corrected chi connectivity index (χ3v) is 3.90. The summed E-state index contributed by atoms with van der Waals surface area (Å²) >= 11 is 5.81. The highest BCUT2D eigenvalue weighted by molar-refractivity contribution is 6.30. The number of piperidine rings is 1. The lowest BCUT2D eigenvalue weighted by Gasteiger charge is -2.32. The molecule has 3 rings (SSSR count). The molecule has 0 spiro atoms. The summed E-state index contributed by atoms with van der Waals surface area (Å²) < 4.78 is 43.4. The molecule has 0 amide bonds. The van der Waals surface area contributed by atoms with Crippen LogP contribution in [0.1, 0.15) is 18.5 Å². The van der Waals surface area contributed by atoms with Gasteiger partial charge in [-0.1, -0.05) is 11.6 Å². The van der Waals surface area contributed by atoms with E-state index >= 15 is 0 Å². The quantitative estimate of drug-likeness (QED) is 0.839. The average Bonchev–Trinajstić information content (AvgIpc) is 2.56. The summed E-state index contributed by atoms with van der Waals surface area (Å²) in [6.07, 6.45) is -0.816. The first kappa shape index (κ1) is 16.8. The Bertz CT molecular complexity index is 688. The summed E-state index contributed by atoms with van der Waals surface area (Å²) in [5.41, 5.74) is -1.00. The van der Waals surface area contributed by atoms with Gasteiger partial charge in [-0.3, -0.25) is 0 Å². The molecule has 2 aromatic heterocycles. The largest absolute Gasteiger partial charge is 0.460 e. The van der Waals surface area contributed by atoms with E-state index in [4.69, 9.17) is 16.3 Å². The second kappa shape index (κ2) is 6.80. The average molecular weight is 359 g/mol. The zero-order valence-corrected chi connectivity index (χ0v) is 13.3. The van der Waals surface area contributed by atoms with Crippen LogP contribution in [0.3, 0.4) is 0 Å². The Hall–Kier alpha value is -2.09. The van der Waals surface area contributed by atoms with Crippen LogP contribution in [0.5, 0.6) is 6.01 Å².